The lowest BCUT2D eigenvalue weighted by Crippen LogP contribution is -2.28. The fourth-order valence-electron chi connectivity index (χ4n) is 1.68. The summed E-state index contributed by atoms with van der Waals surface area (Å²) in [5.74, 6) is 0. The lowest BCUT2D eigenvalue weighted by molar-refractivity contribution is 0.473. The van der Waals surface area contributed by atoms with Crippen LogP contribution in [-0.2, 0) is 23.0 Å². The van der Waals surface area contributed by atoms with Gasteiger partial charge in [-0.3, -0.25) is 0 Å². The van der Waals surface area contributed by atoms with E-state index in [1.54, 1.807) is 24.5 Å². The van der Waals surface area contributed by atoms with Gasteiger partial charge in [0.25, 0.3) is 0 Å². The molecule has 0 saturated carbocycles. The van der Waals surface area contributed by atoms with Gasteiger partial charge in [0.2, 0.25) is 10.0 Å². The minimum absolute atomic E-state index is 0.302. The second kappa shape index (κ2) is 6.67. The molecular formula is C12H15BrN2O2S3. The Bertz CT molecular complexity index is 665. The highest BCUT2D eigenvalue weighted by atomic mass is 79.9. The SMILES string of the molecule is CN(CCc1cccs1)S(=O)(=O)c1cc(CN)sc1Br. The first-order valence-corrected chi connectivity index (χ1v) is 9.85. The van der Waals surface area contributed by atoms with E-state index in [0.29, 0.717) is 21.8 Å². The Kier molecular flexibility index (Phi) is 5.38. The van der Waals surface area contributed by atoms with Gasteiger partial charge < -0.3 is 5.73 Å². The van der Waals surface area contributed by atoms with E-state index in [-0.39, 0.29) is 0 Å². The molecule has 2 aromatic heterocycles. The highest BCUT2D eigenvalue weighted by molar-refractivity contribution is 9.11. The predicted molar refractivity (Wildman–Crippen MR) is 87.7 cm³/mol. The highest BCUT2D eigenvalue weighted by Gasteiger charge is 2.25. The molecule has 0 aliphatic carbocycles. The van der Waals surface area contributed by atoms with Crippen LogP contribution in [0.4, 0.5) is 0 Å². The van der Waals surface area contributed by atoms with E-state index in [1.165, 1.54) is 20.5 Å². The van der Waals surface area contributed by atoms with Gasteiger partial charge in [0, 0.05) is 29.9 Å². The molecule has 2 N–H and O–H groups in total. The van der Waals surface area contributed by atoms with Crippen molar-refractivity contribution in [1.82, 2.24) is 4.31 Å². The normalized spacial score (nSPS) is 12.2. The number of likely N-dealkylation sites (N-methyl/N-ethyl adjacent to an activating group) is 1. The number of hydrogen-bond acceptors (Lipinski definition) is 5. The van der Waals surface area contributed by atoms with Crippen molar-refractivity contribution in [2.75, 3.05) is 13.6 Å². The van der Waals surface area contributed by atoms with Crippen LogP contribution in [0.5, 0.6) is 0 Å². The molecule has 0 amide bonds. The Hall–Kier alpha value is -0.250. The molecule has 2 heterocycles. The van der Waals surface area contributed by atoms with Gasteiger partial charge in [0.15, 0.2) is 0 Å². The molecule has 8 heteroatoms. The van der Waals surface area contributed by atoms with Gasteiger partial charge in [-0.15, -0.1) is 22.7 Å². The van der Waals surface area contributed by atoms with E-state index in [2.05, 4.69) is 15.9 Å². The zero-order valence-electron chi connectivity index (χ0n) is 10.9. The fourth-order valence-corrected chi connectivity index (χ4v) is 6.06. The van der Waals surface area contributed by atoms with Crippen molar-refractivity contribution >= 4 is 48.6 Å². The van der Waals surface area contributed by atoms with Crippen LogP contribution >= 0.6 is 38.6 Å². The third-order valence-corrected chi connectivity index (χ3v) is 7.92. The number of halogens is 1. The molecule has 0 aliphatic heterocycles. The summed E-state index contributed by atoms with van der Waals surface area (Å²) in [7, 11) is -1.86. The molecule has 0 fully saturated rings. The predicted octanol–water partition coefficient (Wildman–Crippen LogP) is 2.89. The molecule has 0 aliphatic rings. The molecule has 0 unspecified atom stereocenters. The number of nitrogens with zero attached hydrogens (tertiary/aromatic N) is 1. The van der Waals surface area contributed by atoms with Crippen molar-refractivity contribution in [3.05, 3.63) is 37.1 Å². The summed E-state index contributed by atoms with van der Waals surface area (Å²) in [6, 6.07) is 5.63. The Balaban J connectivity index is 2.14. The first kappa shape index (κ1) is 16.1. The fraction of sp³-hybridized carbons (Fsp3) is 0.333. The Morgan fingerprint density at radius 1 is 1.40 bits per heavy atom. The van der Waals surface area contributed by atoms with Crippen LogP contribution in [-0.4, -0.2) is 26.3 Å². The average molecular weight is 395 g/mol. The molecule has 0 bridgehead atoms. The van der Waals surface area contributed by atoms with Crippen molar-refractivity contribution < 1.29 is 8.42 Å². The van der Waals surface area contributed by atoms with Gasteiger partial charge >= 0.3 is 0 Å². The van der Waals surface area contributed by atoms with E-state index in [0.717, 1.165) is 11.3 Å². The third-order valence-electron chi connectivity index (χ3n) is 2.85. The lowest BCUT2D eigenvalue weighted by atomic mass is 10.3. The van der Waals surface area contributed by atoms with Crippen LogP contribution in [0, 0.1) is 0 Å². The molecule has 0 radical (unpaired) electrons. The minimum atomic E-state index is -3.47. The van der Waals surface area contributed by atoms with Crippen LogP contribution in [0.15, 0.2) is 32.3 Å². The van der Waals surface area contributed by atoms with E-state index in [9.17, 15) is 8.42 Å². The van der Waals surface area contributed by atoms with Crippen LogP contribution in [0.3, 0.4) is 0 Å². The molecule has 2 aromatic rings. The molecule has 0 atom stereocenters. The first-order chi connectivity index (χ1) is 9.45. The molecule has 0 spiro atoms. The second-order valence-electron chi connectivity index (χ2n) is 4.21. The maximum atomic E-state index is 12.5. The summed E-state index contributed by atoms with van der Waals surface area (Å²) in [5.41, 5.74) is 5.56. The van der Waals surface area contributed by atoms with E-state index >= 15 is 0 Å². The van der Waals surface area contributed by atoms with Crippen molar-refractivity contribution in [3.8, 4) is 0 Å². The quantitative estimate of drug-likeness (QED) is 0.818. The number of rotatable bonds is 6. The van der Waals surface area contributed by atoms with Gasteiger partial charge in [-0.2, -0.15) is 0 Å². The lowest BCUT2D eigenvalue weighted by Gasteiger charge is -2.16. The van der Waals surface area contributed by atoms with Crippen molar-refractivity contribution in [2.24, 2.45) is 5.73 Å². The third kappa shape index (κ3) is 3.49. The maximum absolute atomic E-state index is 12.5. The van der Waals surface area contributed by atoms with Crippen LogP contribution in [0.25, 0.3) is 0 Å². The summed E-state index contributed by atoms with van der Waals surface area (Å²) < 4.78 is 27.0. The molecule has 20 heavy (non-hydrogen) atoms. The first-order valence-electron chi connectivity index (χ1n) is 5.92. The average Bonchev–Trinajstić information content (AvgIpc) is 3.04. The van der Waals surface area contributed by atoms with Gasteiger partial charge in [0.05, 0.1) is 3.79 Å². The zero-order valence-corrected chi connectivity index (χ0v) is 14.9. The largest absolute Gasteiger partial charge is 0.326 e. The zero-order chi connectivity index (χ0) is 14.8. The number of sulfonamides is 1. The van der Waals surface area contributed by atoms with Gasteiger partial charge in [0.1, 0.15) is 4.90 Å². The van der Waals surface area contributed by atoms with Gasteiger partial charge in [-0.05, 0) is 39.9 Å². The highest BCUT2D eigenvalue weighted by Crippen LogP contribution is 2.33. The number of hydrogen-bond donors (Lipinski definition) is 1. The van der Waals surface area contributed by atoms with Gasteiger partial charge in [-0.25, -0.2) is 12.7 Å². The van der Waals surface area contributed by atoms with Crippen molar-refractivity contribution in [2.45, 2.75) is 17.9 Å². The maximum Gasteiger partial charge on any atom is 0.244 e. The standard InChI is InChI=1S/C12H15BrN2O2S3/c1-15(5-4-9-3-2-6-18-9)20(16,17)11-7-10(8-14)19-12(11)13/h2-3,6-7H,4-5,8,14H2,1H3. The summed E-state index contributed by atoms with van der Waals surface area (Å²) in [6.07, 6.45) is 0.721. The summed E-state index contributed by atoms with van der Waals surface area (Å²) in [5, 5.41) is 1.99. The van der Waals surface area contributed by atoms with E-state index < -0.39 is 10.0 Å². The summed E-state index contributed by atoms with van der Waals surface area (Å²) in [4.78, 5) is 2.33. The van der Waals surface area contributed by atoms with Crippen molar-refractivity contribution in [1.29, 1.82) is 0 Å². The van der Waals surface area contributed by atoms with E-state index in [4.69, 9.17) is 5.73 Å². The Morgan fingerprint density at radius 3 is 2.70 bits per heavy atom. The second-order valence-corrected chi connectivity index (χ2v) is 9.71. The van der Waals surface area contributed by atoms with E-state index in [1.807, 2.05) is 17.5 Å². The number of nitrogens with two attached hydrogens (primary N) is 1. The minimum Gasteiger partial charge on any atom is -0.326 e. The summed E-state index contributed by atoms with van der Waals surface area (Å²) >= 11 is 6.31. The summed E-state index contributed by atoms with van der Waals surface area (Å²) in [6.45, 7) is 0.806. The van der Waals surface area contributed by atoms with Gasteiger partial charge in [-0.1, -0.05) is 6.07 Å². The smallest absolute Gasteiger partial charge is 0.244 e. The Morgan fingerprint density at radius 2 is 2.15 bits per heavy atom. The molecule has 0 saturated heterocycles. The molecular weight excluding hydrogens is 380 g/mol. The van der Waals surface area contributed by atoms with Crippen LogP contribution in [0.2, 0.25) is 0 Å². The molecule has 2 rings (SSSR count). The molecule has 0 aromatic carbocycles. The number of thiophene rings is 2. The van der Waals surface area contributed by atoms with Crippen molar-refractivity contribution in [3.63, 3.8) is 0 Å². The molecule has 110 valence electrons. The van der Waals surface area contributed by atoms with Crippen LogP contribution < -0.4 is 5.73 Å². The monoisotopic (exact) mass is 394 g/mol. The molecule has 4 nitrogen and oxygen atoms in total. The van der Waals surface area contributed by atoms with Crippen LogP contribution in [0.1, 0.15) is 9.75 Å². The topological polar surface area (TPSA) is 63.4 Å². The Labute approximate surface area is 135 Å².